The Morgan fingerprint density at radius 1 is 1.03 bits per heavy atom. The van der Waals surface area contributed by atoms with Gasteiger partial charge in [0.25, 0.3) is 0 Å². The number of ketones is 1. The smallest absolute Gasteiger partial charge is 0.328 e. The number of Topliss-reactive ketones (excluding diaryl/α,β-unsaturated/α-hetero) is 1. The molecule has 0 N–H and O–H groups in total. The molecule has 0 heterocycles. The molecule has 1 atom stereocenters. The summed E-state index contributed by atoms with van der Waals surface area (Å²) in [5, 5.41) is 0. The van der Waals surface area contributed by atoms with Crippen LogP contribution in [0.25, 0.3) is 0 Å². The number of unbranched alkanes of at least 4 members (excludes halogenated alkanes) is 1. The Balaban J connectivity index is 2.24. The van der Waals surface area contributed by atoms with E-state index in [1.165, 1.54) is 25.7 Å². The molecule has 0 saturated heterocycles. The Kier molecular flexibility index (Phi) is 9.08. The van der Waals surface area contributed by atoms with Crippen LogP contribution in [0.5, 0.6) is 0 Å². The molecular weight excluding hydrogens is 394 g/mol. The van der Waals surface area contributed by atoms with Crippen LogP contribution in [0.2, 0.25) is 0 Å². The molecule has 31 heavy (non-hydrogen) atoms. The molecule has 6 heteroatoms. The van der Waals surface area contributed by atoms with E-state index in [0.29, 0.717) is 11.6 Å². The molecule has 1 unspecified atom stereocenters. The fraction of sp³-hybridized carbons (Fsp3) is 0.640. The van der Waals surface area contributed by atoms with Crippen molar-refractivity contribution in [2.24, 2.45) is 5.92 Å². The second kappa shape index (κ2) is 11.3. The lowest BCUT2D eigenvalue weighted by atomic mass is 9.96. The van der Waals surface area contributed by atoms with E-state index >= 15 is 0 Å². The van der Waals surface area contributed by atoms with Gasteiger partial charge in [-0.05, 0) is 71.2 Å². The molecule has 0 amide bonds. The summed E-state index contributed by atoms with van der Waals surface area (Å²) in [7, 11) is 0. The largest absolute Gasteiger partial charge is 0.465 e. The van der Waals surface area contributed by atoms with Gasteiger partial charge in [-0.15, -0.1) is 0 Å². The Morgan fingerprint density at radius 2 is 1.65 bits per heavy atom. The molecule has 0 spiro atoms. The number of carbonyl (C=O) groups excluding carboxylic acids is 3. The molecule has 6 nitrogen and oxygen atoms in total. The van der Waals surface area contributed by atoms with Crippen LogP contribution >= 0.6 is 0 Å². The van der Waals surface area contributed by atoms with Gasteiger partial charge in [0.15, 0.2) is 5.78 Å². The highest BCUT2D eigenvalue weighted by Crippen LogP contribution is 2.29. The Bertz CT molecular complexity index is 744. The summed E-state index contributed by atoms with van der Waals surface area (Å²) < 4.78 is 10.3. The number of ether oxygens (including phenoxy) is 2. The van der Waals surface area contributed by atoms with Gasteiger partial charge >= 0.3 is 11.9 Å². The minimum atomic E-state index is -1.61. The minimum Gasteiger partial charge on any atom is -0.465 e. The van der Waals surface area contributed by atoms with E-state index in [9.17, 15) is 14.4 Å². The Morgan fingerprint density at radius 3 is 2.16 bits per heavy atom. The lowest BCUT2D eigenvalue weighted by molar-refractivity contribution is -0.166. The van der Waals surface area contributed by atoms with Crippen molar-refractivity contribution in [3.8, 4) is 0 Å². The maximum absolute atomic E-state index is 13.1. The molecule has 2 rings (SSSR count). The van der Waals surface area contributed by atoms with E-state index in [2.05, 4.69) is 11.8 Å². The van der Waals surface area contributed by atoms with Crippen molar-refractivity contribution in [1.29, 1.82) is 0 Å². The van der Waals surface area contributed by atoms with E-state index < -0.39 is 29.2 Å². The maximum Gasteiger partial charge on any atom is 0.328 e. The van der Waals surface area contributed by atoms with Crippen LogP contribution in [0.1, 0.15) is 83.5 Å². The topological polar surface area (TPSA) is 72.9 Å². The van der Waals surface area contributed by atoms with Gasteiger partial charge in [0.1, 0.15) is 5.60 Å². The molecule has 0 radical (unpaired) electrons. The third-order valence-electron chi connectivity index (χ3n) is 5.43. The quantitative estimate of drug-likeness (QED) is 0.297. The molecule has 1 saturated carbocycles. The number of nitrogens with zero attached hydrogens (tertiary/aromatic N) is 1. The van der Waals surface area contributed by atoms with Crippen LogP contribution in [-0.2, 0) is 19.1 Å². The number of benzene rings is 1. The van der Waals surface area contributed by atoms with Crippen molar-refractivity contribution >= 4 is 23.4 Å². The second-order valence-corrected chi connectivity index (χ2v) is 9.11. The first-order chi connectivity index (χ1) is 14.7. The van der Waals surface area contributed by atoms with Crippen LogP contribution in [0.15, 0.2) is 24.3 Å². The fourth-order valence-electron chi connectivity index (χ4n) is 3.95. The molecule has 0 bridgehead atoms. The molecule has 1 fully saturated rings. The van der Waals surface area contributed by atoms with Gasteiger partial charge in [-0.3, -0.25) is 14.4 Å². The van der Waals surface area contributed by atoms with Gasteiger partial charge in [0, 0.05) is 23.8 Å². The van der Waals surface area contributed by atoms with Gasteiger partial charge in [0.05, 0.1) is 6.61 Å². The zero-order valence-electron chi connectivity index (χ0n) is 19.6. The maximum atomic E-state index is 13.1. The van der Waals surface area contributed by atoms with Crippen molar-refractivity contribution < 1.29 is 23.9 Å². The summed E-state index contributed by atoms with van der Waals surface area (Å²) in [6, 6.07) is 7.75. The number of carbonyl (C=O) groups is 3. The minimum absolute atomic E-state index is 0.0815. The molecular formula is C25H37NO5. The van der Waals surface area contributed by atoms with Crippen molar-refractivity contribution in [3.63, 3.8) is 0 Å². The lowest BCUT2D eigenvalue weighted by Gasteiger charge is -2.31. The van der Waals surface area contributed by atoms with Gasteiger partial charge < -0.3 is 14.4 Å². The van der Waals surface area contributed by atoms with Crippen LogP contribution in [0, 0.1) is 5.92 Å². The number of hydrogen-bond acceptors (Lipinski definition) is 6. The average molecular weight is 432 g/mol. The van der Waals surface area contributed by atoms with E-state index in [0.717, 1.165) is 25.1 Å². The van der Waals surface area contributed by atoms with Gasteiger partial charge in [-0.1, -0.05) is 26.2 Å². The summed E-state index contributed by atoms with van der Waals surface area (Å²) in [4.78, 5) is 40.5. The number of hydrogen-bond donors (Lipinski definition) is 0. The zero-order valence-corrected chi connectivity index (χ0v) is 19.6. The summed E-state index contributed by atoms with van der Waals surface area (Å²) in [6.45, 7) is 9.97. The molecule has 1 aliphatic rings. The summed E-state index contributed by atoms with van der Waals surface area (Å²) >= 11 is 0. The number of esters is 2. The van der Waals surface area contributed by atoms with E-state index in [4.69, 9.17) is 9.47 Å². The Hall–Kier alpha value is -2.37. The molecule has 0 aromatic heterocycles. The second-order valence-electron chi connectivity index (χ2n) is 9.11. The molecule has 1 aromatic rings. The predicted molar refractivity (Wildman–Crippen MR) is 121 cm³/mol. The van der Waals surface area contributed by atoms with E-state index in [1.54, 1.807) is 39.8 Å². The normalized spacial score (nSPS) is 15.4. The van der Waals surface area contributed by atoms with Gasteiger partial charge in [-0.2, -0.15) is 0 Å². The van der Waals surface area contributed by atoms with Gasteiger partial charge in [0.2, 0.25) is 5.92 Å². The van der Waals surface area contributed by atoms with Crippen LogP contribution in [0.3, 0.4) is 0 Å². The molecule has 172 valence electrons. The third-order valence-corrected chi connectivity index (χ3v) is 5.43. The first kappa shape index (κ1) is 24.9. The van der Waals surface area contributed by atoms with Crippen molar-refractivity contribution in [2.45, 2.75) is 84.8 Å². The average Bonchev–Trinajstić information content (AvgIpc) is 3.22. The third kappa shape index (κ3) is 7.08. The highest BCUT2D eigenvalue weighted by atomic mass is 16.6. The van der Waals surface area contributed by atoms with Crippen molar-refractivity contribution in [2.75, 3.05) is 18.1 Å². The summed E-state index contributed by atoms with van der Waals surface area (Å²) in [5.41, 5.74) is 0.559. The number of anilines is 1. The molecule has 1 aliphatic carbocycles. The van der Waals surface area contributed by atoms with Gasteiger partial charge in [-0.25, -0.2) is 0 Å². The standard InChI is InChI=1S/C25H37NO5/c1-6-8-17-26(19-11-9-10-12-19)20-15-13-18(14-16-20)22(27)21(23(28)30-7-2)24(29)31-25(3,4)5/h13-16,19,21H,6-12,17H2,1-5H3. The van der Waals surface area contributed by atoms with Crippen LogP contribution < -0.4 is 4.90 Å². The van der Waals surface area contributed by atoms with E-state index in [1.807, 2.05) is 12.1 Å². The summed E-state index contributed by atoms with van der Waals surface area (Å²) in [5.74, 6) is -3.96. The van der Waals surface area contributed by atoms with E-state index in [-0.39, 0.29) is 6.61 Å². The zero-order chi connectivity index (χ0) is 23.0. The predicted octanol–water partition coefficient (Wildman–Crippen LogP) is 4.94. The molecule has 0 aliphatic heterocycles. The highest BCUT2D eigenvalue weighted by Gasteiger charge is 2.39. The monoisotopic (exact) mass is 431 g/mol. The van der Waals surface area contributed by atoms with Crippen molar-refractivity contribution in [1.82, 2.24) is 0 Å². The highest BCUT2D eigenvalue weighted by molar-refractivity contribution is 6.20. The SMILES string of the molecule is CCCCN(c1ccc(C(=O)C(C(=O)OCC)C(=O)OC(C)(C)C)cc1)C1CCCC1. The lowest BCUT2D eigenvalue weighted by Crippen LogP contribution is -2.38. The van der Waals surface area contributed by atoms with Crippen LogP contribution in [0.4, 0.5) is 5.69 Å². The molecule has 1 aromatic carbocycles. The van der Waals surface area contributed by atoms with Crippen molar-refractivity contribution in [3.05, 3.63) is 29.8 Å². The number of rotatable bonds is 10. The Labute approximate surface area is 186 Å². The fourth-order valence-corrected chi connectivity index (χ4v) is 3.95. The van der Waals surface area contributed by atoms with Crippen LogP contribution in [-0.4, -0.2) is 42.5 Å². The first-order valence-corrected chi connectivity index (χ1v) is 11.5. The summed E-state index contributed by atoms with van der Waals surface area (Å²) in [6.07, 6.45) is 7.11. The first-order valence-electron chi connectivity index (χ1n) is 11.5.